The predicted molar refractivity (Wildman–Crippen MR) is 143 cm³/mol. The zero-order chi connectivity index (χ0) is 31.0. The molecular formula is C26H29F4N7O5. The van der Waals surface area contributed by atoms with Crippen molar-refractivity contribution in [3.8, 4) is 0 Å². The molecule has 12 nitrogen and oxygen atoms in total. The van der Waals surface area contributed by atoms with Gasteiger partial charge in [0.25, 0.3) is 5.56 Å². The molecule has 42 heavy (non-hydrogen) atoms. The Morgan fingerprint density at radius 3 is 2.64 bits per heavy atom. The molecule has 226 valence electrons. The first-order valence-electron chi connectivity index (χ1n) is 12.6. The molecule has 0 saturated heterocycles. The summed E-state index contributed by atoms with van der Waals surface area (Å²) in [6, 6.07) is 0.920. The molecule has 0 fully saturated rings. The Bertz CT molecular complexity index is 1530. The van der Waals surface area contributed by atoms with Crippen molar-refractivity contribution in [2.45, 2.75) is 44.4 Å². The van der Waals surface area contributed by atoms with Crippen LogP contribution in [0, 0.1) is 5.82 Å². The minimum atomic E-state index is -4.43. The third-order valence-electron chi connectivity index (χ3n) is 5.96. The predicted octanol–water partition coefficient (Wildman–Crippen LogP) is 2.89. The Hall–Kier alpha value is -4.76. The number of alkyl carbamates (subject to hydrolysis) is 1. The molecule has 2 heterocycles. The number of imidazole rings is 1. The number of fused-ring (bicyclic) bond motifs is 1. The summed E-state index contributed by atoms with van der Waals surface area (Å²) in [6.45, 7) is -0.223. The van der Waals surface area contributed by atoms with Crippen LogP contribution in [0.25, 0.3) is 11.0 Å². The van der Waals surface area contributed by atoms with Crippen LogP contribution in [0.5, 0.6) is 0 Å². The van der Waals surface area contributed by atoms with E-state index in [1.807, 2.05) is 0 Å². The molecule has 0 radical (unpaired) electrons. The number of ether oxygens (including phenoxy) is 1. The second-order valence-corrected chi connectivity index (χ2v) is 9.39. The van der Waals surface area contributed by atoms with Crippen LogP contribution >= 0.6 is 0 Å². The number of likely N-dealkylation sites (N-methyl/N-ethyl adjacent to an activating group) is 1. The maximum Gasteiger partial charge on any atom is 0.407 e. The second-order valence-electron chi connectivity index (χ2n) is 9.39. The lowest BCUT2D eigenvalue weighted by atomic mass is 10.1. The lowest BCUT2D eigenvalue weighted by Gasteiger charge is -2.17. The van der Waals surface area contributed by atoms with Crippen molar-refractivity contribution < 1.29 is 36.7 Å². The summed E-state index contributed by atoms with van der Waals surface area (Å²) in [7, 11) is 4.27. The molecule has 0 spiro atoms. The number of nitrogens with zero attached hydrogens (tertiary/aromatic N) is 4. The number of H-pyrrole nitrogens is 1. The van der Waals surface area contributed by atoms with Gasteiger partial charge in [0.05, 0.1) is 37.2 Å². The van der Waals surface area contributed by atoms with Gasteiger partial charge >= 0.3 is 12.3 Å². The number of aryl methyl sites for hydroxylation is 1. The van der Waals surface area contributed by atoms with Crippen molar-refractivity contribution in [1.29, 1.82) is 0 Å². The van der Waals surface area contributed by atoms with Gasteiger partial charge in [0.2, 0.25) is 11.8 Å². The van der Waals surface area contributed by atoms with E-state index < -0.39 is 48.4 Å². The molecule has 1 unspecified atom stereocenters. The number of halogens is 4. The highest BCUT2D eigenvalue weighted by atomic mass is 19.4. The average Bonchev–Trinajstić information content (AvgIpc) is 3.32. The van der Waals surface area contributed by atoms with E-state index in [9.17, 15) is 36.7 Å². The molecular weight excluding hydrogens is 566 g/mol. The number of nitrogens with one attached hydrogen (secondary N) is 3. The summed E-state index contributed by atoms with van der Waals surface area (Å²) in [5.74, 6) is -1.63. The third-order valence-corrected chi connectivity index (χ3v) is 5.96. The number of alkyl halides is 3. The molecule has 1 aromatic carbocycles. The number of rotatable bonds is 11. The Labute approximate surface area is 236 Å². The minimum Gasteiger partial charge on any atom is -0.453 e. The van der Waals surface area contributed by atoms with E-state index in [1.165, 1.54) is 17.1 Å². The fourth-order valence-electron chi connectivity index (χ4n) is 3.84. The fraction of sp³-hybridized carbons (Fsp3) is 0.385. The van der Waals surface area contributed by atoms with Crippen LogP contribution in [0.1, 0.15) is 30.7 Å². The van der Waals surface area contributed by atoms with Crippen molar-refractivity contribution in [2.75, 3.05) is 26.5 Å². The van der Waals surface area contributed by atoms with Crippen LogP contribution in [0.15, 0.2) is 41.6 Å². The lowest BCUT2D eigenvalue weighted by molar-refractivity contribution is -0.134. The lowest BCUT2D eigenvalue weighted by Crippen LogP contribution is -2.44. The van der Waals surface area contributed by atoms with Gasteiger partial charge in [0.15, 0.2) is 0 Å². The standard InChI is InChI=1S/C26H29F4N7O5/c1-36(2)21(38)7-5-4-6-17(34-25(41)42-3)23(39)33-19-12-31-14-37(24(19)40)13-20-32-18-11-16(27)10-15(22(18)35-20)8-9-26(28,29)30/h5,7,10-12,14,17H,4,6,8-9,13H2,1-3H3,(H,32,35)(H,33,39)(H,34,41)/b7-5+. The topological polar surface area (TPSA) is 151 Å². The van der Waals surface area contributed by atoms with Crippen molar-refractivity contribution in [3.63, 3.8) is 0 Å². The fourth-order valence-corrected chi connectivity index (χ4v) is 3.84. The van der Waals surface area contributed by atoms with Crippen molar-refractivity contribution in [1.82, 2.24) is 29.7 Å². The smallest absolute Gasteiger partial charge is 0.407 e. The van der Waals surface area contributed by atoms with Crippen LogP contribution in [-0.2, 0) is 27.3 Å². The SMILES string of the molecule is COC(=O)NC(CC/C=C/C(=O)N(C)C)C(=O)Nc1cncn(Cc2nc3cc(F)cc(CCC(F)(F)F)c3[nH]2)c1=O. The molecule has 0 aliphatic heterocycles. The van der Waals surface area contributed by atoms with E-state index in [0.717, 1.165) is 36.3 Å². The highest BCUT2D eigenvalue weighted by Crippen LogP contribution is 2.26. The molecule has 0 aliphatic rings. The van der Waals surface area contributed by atoms with E-state index in [1.54, 1.807) is 14.1 Å². The first-order chi connectivity index (χ1) is 19.8. The number of aromatic amines is 1. The van der Waals surface area contributed by atoms with Gasteiger partial charge in [-0.15, -0.1) is 0 Å². The number of amides is 3. The summed E-state index contributed by atoms with van der Waals surface area (Å²) >= 11 is 0. The maximum atomic E-state index is 14.0. The van der Waals surface area contributed by atoms with E-state index in [0.29, 0.717) is 0 Å². The average molecular weight is 596 g/mol. The summed E-state index contributed by atoms with van der Waals surface area (Å²) in [4.78, 5) is 61.8. The quantitative estimate of drug-likeness (QED) is 0.228. The van der Waals surface area contributed by atoms with Crippen molar-refractivity contribution >= 4 is 34.6 Å². The molecule has 16 heteroatoms. The number of aromatic nitrogens is 4. The van der Waals surface area contributed by atoms with E-state index in [4.69, 9.17) is 0 Å². The van der Waals surface area contributed by atoms with Crippen LogP contribution in [0.3, 0.4) is 0 Å². The van der Waals surface area contributed by atoms with Gasteiger partial charge in [0, 0.05) is 26.6 Å². The van der Waals surface area contributed by atoms with Crippen LogP contribution in [0.4, 0.5) is 28.0 Å². The second kappa shape index (κ2) is 13.7. The van der Waals surface area contributed by atoms with Gasteiger partial charge in [-0.05, 0) is 37.0 Å². The Morgan fingerprint density at radius 2 is 1.98 bits per heavy atom. The zero-order valence-electron chi connectivity index (χ0n) is 22.9. The van der Waals surface area contributed by atoms with Gasteiger partial charge < -0.3 is 25.3 Å². The van der Waals surface area contributed by atoms with Crippen molar-refractivity contribution in [3.05, 3.63) is 64.4 Å². The Balaban J connectivity index is 1.78. The monoisotopic (exact) mass is 595 g/mol. The molecule has 0 saturated carbocycles. The van der Waals surface area contributed by atoms with Gasteiger partial charge in [-0.2, -0.15) is 13.2 Å². The van der Waals surface area contributed by atoms with Gasteiger partial charge in [-0.1, -0.05) is 6.08 Å². The largest absolute Gasteiger partial charge is 0.453 e. The Kier molecular flexibility index (Phi) is 10.4. The first-order valence-corrected chi connectivity index (χ1v) is 12.6. The Morgan fingerprint density at radius 1 is 1.24 bits per heavy atom. The highest BCUT2D eigenvalue weighted by molar-refractivity contribution is 5.96. The van der Waals surface area contributed by atoms with Crippen LogP contribution in [-0.4, -0.2) is 75.7 Å². The molecule has 3 amide bonds. The summed E-state index contributed by atoms with van der Waals surface area (Å²) in [5, 5.41) is 4.78. The summed E-state index contributed by atoms with van der Waals surface area (Å²) in [5.41, 5.74) is -0.552. The highest BCUT2D eigenvalue weighted by Gasteiger charge is 2.27. The van der Waals surface area contributed by atoms with E-state index in [2.05, 4.69) is 30.3 Å². The molecule has 1 atom stereocenters. The normalized spacial score (nSPS) is 12.4. The third kappa shape index (κ3) is 8.87. The molecule has 3 rings (SSSR count). The summed E-state index contributed by atoms with van der Waals surface area (Å²) in [6.07, 6.45) is -1.52. The van der Waals surface area contributed by atoms with Gasteiger partial charge in [0.1, 0.15) is 23.4 Å². The number of methoxy groups -OCH3 is 1. The van der Waals surface area contributed by atoms with Crippen LogP contribution in [0.2, 0.25) is 0 Å². The maximum absolute atomic E-state index is 14.0. The number of hydrogen-bond donors (Lipinski definition) is 3. The molecule has 0 bridgehead atoms. The minimum absolute atomic E-state index is 0.0683. The molecule has 3 aromatic rings. The molecule has 3 N–H and O–H groups in total. The summed E-state index contributed by atoms with van der Waals surface area (Å²) < 4.78 is 57.9. The van der Waals surface area contributed by atoms with Gasteiger partial charge in [-0.25, -0.2) is 19.2 Å². The molecule has 0 aliphatic carbocycles. The number of carbonyl (C=O) groups excluding carboxylic acids is 3. The van der Waals surface area contributed by atoms with Crippen LogP contribution < -0.4 is 16.2 Å². The number of anilines is 1. The first kappa shape index (κ1) is 31.8. The van der Waals surface area contributed by atoms with E-state index in [-0.39, 0.29) is 53.4 Å². The van der Waals surface area contributed by atoms with Crippen molar-refractivity contribution in [2.24, 2.45) is 0 Å². The zero-order valence-corrected chi connectivity index (χ0v) is 22.9. The number of allylic oxidation sites excluding steroid dienone is 1. The van der Waals surface area contributed by atoms with Gasteiger partial charge in [-0.3, -0.25) is 19.0 Å². The number of hydrogen-bond acceptors (Lipinski definition) is 7. The van der Waals surface area contributed by atoms with E-state index >= 15 is 0 Å². The molecule has 2 aromatic heterocycles. The number of benzene rings is 1. The number of carbonyl (C=O) groups is 3.